The molecule has 0 spiro atoms. The fourth-order valence-electron chi connectivity index (χ4n) is 10.5. The first-order valence-corrected chi connectivity index (χ1v) is 25.1. The third-order valence-electron chi connectivity index (χ3n) is 14.5. The topological polar surface area (TPSA) is 172 Å². The van der Waals surface area contributed by atoms with E-state index in [2.05, 4.69) is 32.7 Å². The molecule has 2 atom stereocenters. The first kappa shape index (κ1) is 51.3. The number of hydrogen-bond acceptors (Lipinski definition) is 10. The molecular formula is C57H53F4N7O8. The van der Waals surface area contributed by atoms with E-state index in [0.29, 0.717) is 47.1 Å². The summed E-state index contributed by atoms with van der Waals surface area (Å²) in [5.41, 5.74) is 6.65. The maximum absolute atomic E-state index is 13.3. The minimum absolute atomic E-state index is 0.181. The summed E-state index contributed by atoms with van der Waals surface area (Å²) in [6.45, 7) is 4.17. The van der Waals surface area contributed by atoms with Gasteiger partial charge in [-0.1, -0.05) is 72.8 Å². The predicted octanol–water partition coefficient (Wildman–Crippen LogP) is 7.84. The monoisotopic (exact) mass is 1040 g/mol. The Bertz CT molecular complexity index is 3190. The molecule has 6 heterocycles. The van der Waals surface area contributed by atoms with Crippen molar-refractivity contribution in [3.8, 4) is 11.5 Å². The number of nitrogens with one attached hydrogen (secondary N) is 2. The van der Waals surface area contributed by atoms with Crippen molar-refractivity contribution in [3.05, 3.63) is 183 Å². The zero-order valence-corrected chi connectivity index (χ0v) is 41.2. The van der Waals surface area contributed by atoms with Crippen molar-refractivity contribution in [2.75, 3.05) is 13.1 Å². The van der Waals surface area contributed by atoms with E-state index < -0.39 is 35.8 Å². The maximum Gasteiger partial charge on any atom is 0.434 e. The largest absolute Gasteiger partial charge is 0.489 e. The SMILES string of the molecule is O=C1CCC(N2Cc3c(OCc4ccc(Cn5cnc(C(F)(F)F)c5)cc4)cccc3C2=O)C(=O)N1.O=C1CCC(N2Cc3c(OCc4cccc(CN5CCC(c6ccc(F)cc6)CC5)c4)cccc3C2=O)C(=O)N1. The lowest BCUT2D eigenvalue weighted by molar-refractivity contribution is -0.141. The molecule has 15 nitrogen and oxygen atoms in total. The molecule has 0 bridgehead atoms. The van der Waals surface area contributed by atoms with E-state index in [1.807, 2.05) is 42.5 Å². The van der Waals surface area contributed by atoms with Crippen molar-refractivity contribution in [1.82, 2.24) is 34.9 Å². The van der Waals surface area contributed by atoms with E-state index in [4.69, 9.17) is 9.47 Å². The van der Waals surface area contributed by atoms with Gasteiger partial charge in [0.1, 0.15) is 42.6 Å². The van der Waals surface area contributed by atoms with Crippen LogP contribution in [0, 0.1) is 5.82 Å². The zero-order chi connectivity index (χ0) is 53.1. The zero-order valence-electron chi connectivity index (χ0n) is 41.2. The van der Waals surface area contributed by atoms with Crippen LogP contribution in [-0.2, 0) is 64.7 Å². The second-order valence-corrected chi connectivity index (χ2v) is 19.6. The standard InChI is InChI=1S/C32H32FN3O4.C25H21F3N4O4/c33-25-9-7-23(8-10-25)24-13-15-35(16-14-24)18-21-3-1-4-22(17-21)20-40-29-6-2-5-26-27(29)19-36(32(26)39)28-11-12-30(37)34-31(28)38;26-25(27,28)21-12-31(14-29-21)10-15-4-6-16(7-5-15)13-36-20-3-1-2-17-18(20)11-32(24(17)35)19-8-9-22(33)30-23(19)34/h1-10,17,24,28H,11-16,18-20H2,(H,34,37,38);1-7,12,14,19H,8-11,13H2,(H,30,33,34). The summed E-state index contributed by atoms with van der Waals surface area (Å²) in [5.74, 6) is -0.574. The number of piperidine rings is 3. The van der Waals surface area contributed by atoms with Crippen LogP contribution in [0.1, 0.15) is 110 Å². The number of ether oxygens (including phenoxy) is 2. The van der Waals surface area contributed by atoms with Crippen LogP contribution in [0.3, 0.4) is 0 Å². The molecule has 0 saturated carbocycles. The highest BCUT2D eigenvalue weighted by molar-refractivity contribution is 6.06. The molecular weight excluding hydrogens is 987 g/mol. The highest BCUT2D eigenvalue weighted by atomic mass is 19.4. The van der Waals surface area contributed by atoms with Gasteiger partial charge >= 0.3 is 6.18 Å². The van der Waals surface area contributed by atoms with Crippen LogP contribution >= 0.6 is 0 Å². The molecule has 6 amide bonds. The minimum atomic E-state index is -4.48. The number of benzene rings is 5. The summed E-state index contributed by atoms with van der Waals surface area (Å²) in [5, 5.41) is 4.63. The van der Waals surface area contributed by atoms with Gasteiger partial charge in [0, 0.05) is 54.4 Å². The lowest BCUT2D eigenvalue weighted by atomic mass is 9.89. The van der Waals surface area contributed by atoms with Crippen LogP contribution in [0.5, 0.6) is 11.5 Å². The average Bonchev–Trinajstić information content (AvgIpc) is 4.14. The second kappa shape index (κ2) is 22.0. The molecule has 19 heteroatoms. The van der Waals surface area contributed by atoms with Gasteiger partial charge < -0.3 is 23.8 Å². The number of hydrogen-bond donors (Lipinski definition) is 2. The first-order valence-electron chi connectivity index (χ1n) is 25.1. The molecule has 392 valence electrons. The summed E-state index contributed by atoms with van der Waals surface area (Å²) < 4.78 is 65.0. The number of alkyl halides is 3. The predicted molar refractivity (Wildman–Crippen MR) is 267 cm³/mol. The Morgan fingerprint density at radius 1 is 0.592 bits per heavy atom. The van der Waals surface area contributed by atoms with E-state index in [-0.39, 0.29) is 74.9 Å². The van der Waals surface area contributed by atoms with Crippen LogP contribution in [0.25, 0.3) is 0 Å². The van der Waals surface area contributed by atoms with Gasteiger partial charge in [0.05, 0.1) is 19.4 Å². The van der Waals surface area contributed by atoms with E-state index in [9.17, 15) is 46.3 Å². The van der Waals surface area contributed by atoms with Crippen LogP contribution in [0.4, 0.5) is 17.6 Å². The molecule has 1 aromatic heterocycles. The Kier molecular flexibility index (Phi) is 14.8. The third kappa shape index (κ3) is 11.5. The van der Waals surface area contributed by atoms with E-state index in [1.54, 1.807) is 59.5 Å². The van der Waals surface area contributed by atoms with Gasteiger partial charge in [-0.05, 0) is 109 Å². The number of aromatic nitrogens is 2. The van der Waals surface area contributed by atoms with Crippen molar-refractivity contribution in [2.45, 2.75) is 102 Å². The van der Waals surface area contributed by atoms with E-state index >= 15 is 0 Å². The van der Waals surface area contributed by atoms with Gasteiger partial charge in [0.2, 0.25) is 23.6 Å². The van der Waals surface area contributed by atoms with Crippen molar-refractivity contribution < 1.29 is 55.8 Å². The van der Waals surface area contributed by atoms with Gasteiger partial charge in [0.25, 0.3) is 11.8 Å². The van der Waals surface area contributed by atoms with Crippen molar-refractivity contribution in [2.24, 2.45) is 0 Å². The molecule has 5 aliphatic rings. The smallest absolute Gasteiger partial charge is 0.434 e. The molecule has 3 saturated heterocycles. The van der Waals surface area contributed by atoms with Crippen molar-refractivity contribution in [3.63, 3.8) is 0 Å². The van der Waals surface area contributed by atoms with Crippen molar-refractivity contribution in [1.29, 1.82) is 0 Å². The number of amides is 6. The van der Waals surface area contributed by atoms with Crippen LogP contribution in [0.2, 0.25) is 0 Å². The highest BCUT2D eigenvalue weighted by Crippen LogP contribution is 2.36. The van der Waals surface area contributed by atoms with Gasteiger partial charge in [-0.3, -0.25) is 44.3 Å². The normalized spacial score (nSPS) is 18.9. The van der Waals surface area contributed by atoms with Crippen LogP contribution in [0.15, 0.2) is 122 Å². The molecule has 5 aromatic carbocycles. The first-order chi connectivity index (χ1) is 36.6. The number of likely N-dealkylation sites (tertiary alicyclic amines) is 1. The molecule has 2 unspecified atom stereocenters. The quantitative estimate of drug-likeness (QED) is 0.0858. The number of fused-ring (bicyclic) bond motifs is 2. The molecule has 2 N–H and O–H groups in total. The minimum Gasteiger partial charge on any atom is -0.489 e. The summed E-state index contributed by atoms with van der Waals surface area (Å²) in [4.78, 5) is 82.5. The summed E-state index contributed by atoms with van der Waals surface area (Å²) in [6, 6.07) is 31.7. The molecule has 3 fully saturated rings. The molecule has 6 aromatic rings. The summed E-state index contributed by atoms with van der Waals surface area (Å²) in [7, 11) is 0. The number of rotatable bonds is 13. The Balaban J connectivity index is 0.000000174. The molecule has 0 aliphatic carbocycles. The molecule has 76 heavy (non-hydrogen) atoms. The summed E-state index contributed by atoms with van der Waals surface area (Å²) >= 11 is 0. The Morgan fingerprint density at radius 3 is 1.66 bits per heavy atom. The van der Waals surface area contributed by atoms with Gasteiger partial charge in [-0.25, -0.2) is 9.37 Å². The number of imide groups is 2. The second-order valence-electron chi connectivity index (χ2n) is 19.6. The fourth-order valence-corrected chi connectivity index (χ4v) is 10.5. The fraction of sp³-hybridized carbons (Fsp3) is 0.316. The number of nitrogens with zero attached hydrogens (tertiary/aromatic N) is 5. The average molecular weight is 1040 g/mol. The highest BCUT2D eigenvalue weighted by Gasteiger charge is 2.42. The number of carbonyl (C=O) groups excluding carboxylic acids is 6. The number of imidazole rings is 1. The van der Waals surface area contributed by atoms with Gasteiger partial charge in [-0.2, -0.15) is 13.2 Å². The number of halogens is 4. The van der Waals surface area contributed by atoms with Crippen LogP contribution in [-0.4, -0.2) is 84.9 Å². The Labute approximate surface area is 434 Å². The van der Waals surface area contributed by atoms with Gasteiger partial charge in [-0.15, -0.1) is 0 Å². The van der Waals surface area contributed by atoms with E-state index in [0.717, 1.165) is 67.3 Å². The molecule has 0 radical (unpaired) electrons. The summed E-state index contributed by atoms with van der Waals surface area (Å²) in [6.07, 6.45) is 0.767. The Morgan fingerprint density at radius 2 is 1.12 bits per heavy atom. The number of carbonyl (C=O) groups is 6. The lowest BCUT2D eigenvalue weighted by Gasteiger charge is -2.32. The van der Waals surface area contributed by atoms with Crippen LogP contribution < -0.4 is 20.1 Å². The van der Waals surface area contributed by atoms with Crippen molar-refractivity contribution >= 4 is 35.4 Å². The lowest BCUT2D eigenvalue weighted by Crippen LogP contribution is -2.52. The third-order valence-corrected chi connectivity index (χ3v) is 14.5. The molecule has 11 rings (SSSR count). The van der Waals surface area contributed by atoms with E-state index in [1.165, 1.54) is 20.6 Å². The van der Waals surface area contributed by atoms with Gasteiger partial charge in [0.15, 0.2) is 5.69 Å². The molecule has 5 aliphatic heterocycles. The maximum atomic E-state index is 13.3. The Hall–Kier alpha value is -8.19.